The Balaban J connectivity index is 0.000000713. The zero-order valence-electron chi connectivity index (χ0n) is 15.8. The number of hydrogen-bond donors (Lipinski definition) is 0. The van der Waals surface area contributed by atoms with E-state index in [0.29, 0.717) is 0 Å². The van der Waals surface area contributed by atoms with Gasteiger partial charge in [-0.2, -0.15) is 0 Å². The molecule has 0 atom stereocenters. The number of nitrogens with zero attached hydrogens (tertiary/aromatic N) is 1. The van der Waals surface area contributed by atoms with Crippen LogP contribution in [0.1, 0.15) is 79.4 Å². The van der Waals surface area contributed by atoms with E-state index < -0.39 is 0 Å². The van der Waals surface area contributed by atoms with Crippen molar-refractivity contribution in [3.05, 3.63) is 29.3 Å². The zero-order valence-corrected chi connectivity index (χ0v) is 15.8. The van der Waals surface area contributed by atoms with Gasteiger partial charge in [-0.05, 0) is 31.9 Å². The van der Waals surface area contributed by atoms with Gasteiger partial charge in [0.25, 0.3) is 0 Å². The third-order valence-electron chi connectivity index (χ3n) is 4.04. The minimum Gasteiger partial charge on any atom is -0.202 e. The van der Waals surface area contributed by atoms with Crippen LogP contribution < -0.4 is 0 Å². The summed E-state index contributed by atoms with van der Waals surface area (Å²) in [5, 5.41) is 0. The summed E-state index contributed by atoms with van der Waals surface area (Å²) in [6, 6.07) is 6.94. The van der Waals surface area contributed by atoms with Crippen LogP contribution in [-0.2, 0) is 11.8 Å². The van der Waals surface area contributed by atoms with Crippen molar-refractivity contribution >= 4 is 11.4 Å². The molecule has 0 N–H and O–H groups in total. The predicted molar refractivity (Wildman–Crippen MR) is 97.3 cm³/mol. The maximum atomic E-state index is 2.39. The number of rotatable bonds is 2. The smallest absolute Gasteiger partial charge is 0.202 e. The van der Waals surface area contributed by atoms with Gasteiger partial charge in [0.05, 0.1) is 5.41 Å². The van der Waals surface area contributed by atoms with E-state index in [0.717, 1.165) is 0 Å². The molecule has 0 radical (unpaired) electrons. The number of fused-ring (bicyclic) bond motifs is 1. The van der Waals surface area contributed by atoms with Gasteiger partial charge in [-0.25, -0.2) is 4.58 Å². The Hall–Kier alpha value is -1.11. The highest BCUT2D eigenvalue weighted by Gasteiger charge is 2.41. The number of benzene rings is 1. The highest BCUT2D eigenvalue weighted by molar-refractivity contribution is 5.93. The first-order valence-electron chi connectivity index (χ1n) is 8.61. The van der Waals surface area contributed by atoms with E-state index in [1.54, 1.807) is 0 Å². The first-order valence-corrected chi connectivity index (χ1v) is 8.61. The molecule has 0 aromatic heterocycles. The van der Waals surface area contributed by atoms with Gasteiger partial charge >= 0.3 is 0 Å². The quantitative estimate of drug-likeness (QED) is 0.578. The van der Waals surface area contributed by atoms with E-state index >= 15 is 0 Å². The fourth-order valence-electron chi connectivity index (χ4n) is 2.62. The molecule has 0 amide bonds. The van der Waals surface area contributed by atoms with Gasteiger partial charge in [0.2, 0.25) is 5.69 Å². The first-order chi connectivity index (χ1) is 9.89. The SMILES string of the molecule is CC.CCC.CCCc1ccc2c(c1)C(C)(C)C(C)=[N+]2C. The molecular weight excluding hydrogens is 254 g/mol. The third kappa shape index (κ3) is 4.43. The minimum absolute atomic E-state index is 0.188. The van der Waals surface area contributed by atoms with E-state index in [-0.39, 0.29) is 5.41 Å². The Morgan fingerprint density at radius 2 is 1.57 bits per heavy atom. The van der Waals surface area contributed by atoms with Crippen molar-refractivity contribution in [2.45, 2.75) is 80.1 Å². The average molecular weight is 291 g/mol. The molecule has 0 fully saturated rings. The van der Waals surface area contributed by atoms with Crippen molar-refractivity contribution in [2.24, 2.45) is 0 Å². The second-order valence-electron chi connectivity index (χ2n) is 6.08. The maximum absolute atomic E-state index is 2.39. The fraction of sp³-hybridized carbons (Fsp3) is 0.650. The Labute approximate surface area is 133 Å². The lowest BCUT2D eigenvalue weighted by Crippen LogP contribution is -2.25. The summed E-state index contributed by atoms with van der Waals surface area (Å²) in [6.07, 6.45) is 3.66. The van der Waals surface area contributed by atoms with Gasteiger partial charge in [-0.15, -0.1) is 0 Å². The zero-order chi connectivity index (χ0) is 16.6. The second kappa shape index (κ2) is 9.02. The highest BCUT2D eigenvalue weighted by Crippen LogP contribution is 2.39. The summed E-state index contributed by atoms with van der Waals surface area (Å²) < 4.78 is 2.32. The molecule has 1 nitrogen and oxygen atoms in total. The van der Waals surface area contributed by atoms with Crippen LogP contribution in [0.4, 0.5) is 5.69 Å². The van der Waals surface area contributed by atoms with Gasteiger partial charge in [-0.3, -0.25) is 0 Å². The van der Waals surface area contributed by atoms with Gasteiger partial charge in [0.15, 0.2) is 5.71 Å². The summed E-state index contributed by atoms with van der Waals surface area (Å²) in [5.74, 6) is 0. The summed E-state index contributed by atoms with van der Waals surface area (Å²) in [5.41, 5.74) is 5.96. The molecule has 0 aliphatic carbocycles. The number of aryl methyl sites for hydroxylation is 1. The van der Waals surface area contributed by atoms with Gasteiger partial charge in [-0.1, -0.05) is 53.5 Å². The lowest BCUT2D eigenvalue weighted by molar-refractivity contribution is -0.403. The largest absolute Gasteiger partial charge is 0.209 e. The van der Waals surface area contributed by atoms with E-state index in [2.05, 4.69) is 71.4 Å². The second-order valence-corrected chi connectivity index (χ2v) is 6.08. The molecular formula is C20H36N+. The van der Waals surface area contributed by atoms with Crippen LogP contribution in [0.2, 0.25) is 0 Å². The van der Waals surface area contributed by atoms with E-state index in [4.69, 9.17) is 0 Å². The maximum Gasteiger partial charge on any atom is 0.209 e. The molecule has 1 heterocycles. The molecule has 1 aromatic rings. The average Bonchev–Trinajstić information content (AvgIpc) is 2.64. The molecule has 2 rings (SSSR count). The Bertz CT molecular complexity index is 467. The van der Waals surface area contributed by atoms with Crippen LogP contribution >= 0.6 is 0 Å². The molecule has 0 spiro atoms. The third-order valence-corrected chi connectivity index (χ3v) is 4.04. The van der Waals surface area contributed by atoms with Crippen LogP contribution in [0, 0.1) is 0 Å². The van der Waals surface area contributed by atoms with Crippen LogP contribution in [0.3, 0.4) is 0 Å². The van der Waals surface area contributed by atoms with Crippen LogP contribution in [0.5, 0.6) is 0 Å². The molecule has 0 bridgehead atoms. The van der Waals surface area contributed by atoms with Gasteiger partial charge in [0.1, 0.15) is 7.05 Å². The van der Waals surface area contributed by atoms with Crippen molar-refractivity contribution in [1.82, 2.24) is 0 Å². The van der Waals surface area contributed by atoms with Crippen molar-refractivity contribution in [3.63, 3.8) is 0 Å². The van der Waals surface area contributed by atoms with Crippen molar-refractivity contribution in [1.29, 1.82) is 0 Å². The summed E-state index contributed by atoms with van der Waals surface area (Å²) in [4.78, 5) is 0. The van der Waals surface area contributed by atoms with Crippen LogP contribution in [0.15, 0.2) is 18.2 Å². The monoisotopic (exact) mass is 290 g/mol. The van der Waals surface area contributed by atoms with Gasteiger partial charge < -0.3 is 0 Å². The van der Waals surface area contributed by atoms with Crippen LogP contribution in [-0.4, -0.2) is 17.3 Å². The number of hydrogen-bond acceptors (Lipinski definition) is 0. The van der Waals surface area contributed by atoms with E-state index in [1.807, 2.05) is 13.8 Å². The molecule has 1 aromatic carbocycles. The molecule has 1 aliphatic heterocycles. The fourth-order valence-corrected chi connectivity index (χ4v) is 2.62. The van der Waals surface area contributed by atoms with Crippen molar-refractivity contribution in [3.8, 4) is 0 Å². The highest BCUT2D eigenvalue weighted by atomic mass is 15.0. The van der Waals surface area contributed by atoms with Gasteiger partial charge in [0, 0.05) is 18.6 Å². The van der Waals surface area contributed by atoms with Crippen LogP contribution in [0.25, 0.3) is 0 Å². The summed E-state index contributed by atoms with van der Waals surface area (Å²) >= 11 is 0. The Kier molecular flexibility index (Phi) is 8.54. The summed E-state index contributed by atoms with van der Waals surface area (Å²) in [6.45, 7) is 17.4. The Morgan fingerprint density at radius 3 is 2.05 bits per heavy atom. The topological polar surface area (TPSA) is 3.01 Å². The standard InChI is InChI=1S/C15H22N.C3H8.C2H6/c1-6-7-12-8-9-14-13(10-12)15(3,4)11(2)16(14)5;1-3-2;1-2/h8-10H,6-7H2,1-5H3;3H2,1-2H3;1-2H3/q+1;;. The van der Waals surface area contributed by atoms with E-state index in [9.17, 15) is 0 Å². The van der Waals surface area contributed by atoms with E-state index in [1.165, 1.54) is 41.8 Å². The predicted octanol–water partition coefficient (Wildman–Crippen LogP) is 6.11. The molecule has 1 aliphatic rings. The molecule has 0 saturated heterocycles. The first kappa shape index (κ1) is 19.9. The molecule has 21 heavy (non-hydrogen) atoms. The molecule has 0 saturated carbocycles. The normalized spacial score (nSPS) is 14.7. The minimum atomic E-state index is 0.188. The molecule has 1 heteroatoms. The molecule has 120 valence electrons. The molecule has 0 unspecified atom stereocenters. The van der Waals surface area contributed by atoms with Crippen molar-refractivity contribution < 1.29 is 4.58 Å². The Morgan fingerprint density at radius 1 is 1.05 bits per heavy atom. The lowest BCUT2D eigenvalue weighted by Gasteiger charge is -2.15. The summed E-state index contributed by atoms with van der Waals surface area (Å²) in [7, 11) is 2.17. The van der Waals surface area contributed by atoms with Crippen molar-refractivity contribution in [2.75, 3.05) is 7.05 Å². The lowest BCUT2D eigenvalue weighted by atomic mass is 9.81.